The van der Waals surface area contributed by atoms with Gasteiger partial charge in [0, 0.05) is 16.0 Å². The number of hydrogen-bond donors (Lipinski definition) is 0. The molecule has 0 N–H and O–H groups in total. The number of halogens is 1. The van der Waals surface area contributed by atoms with Crippen LogP contribution in [0.5, 0.6) is 0 Å². The van der Waals surface area contributed by atoms with Crippen LogP contribution >= 0.6 is 11.6 Å². The molecule has 1 aliphatic rings. The average Bonchev–Trinajstić information content (AvgIpc) is 3.61. The molecule has 0 amide bonds. The summed E-state index contributed by atoms with van der Waals surface area (Å²) in [7, 11) is 0. The van der Waals surface area contributed by atoms with Crippen LogP contribution in [0.1, 0.15) is 29.5 Å². The molecule has 5 aromatic rings. The number of para-hydroxylation sites is 1. The molecule has 0 atom stereocenters. The molecule has 1 heterocycles. The number of aryl methyl sites for hydroxylation is 1. The average molecular weight is 461 g/mol. The van der Waals surface area contributed by atoms with Crippen LogP contribution in [0.25, 0.3) is 45.1 Å². The van der Waals surface area contributed by atoms with Crippen molar-refractivity contribution in [2.24, 2.45) is 5.92 Å². The van der Waals surface area contributed by atoms with Gasteiger partial charge in [-0.05, 0) is 102 Å². The third-order valence-electron chi connectivity index (χ3n) is 6.67. The number of rotatable bonds is 5. The molecule has 1 nitrogen and oxygen atoms in total. The smallest absolute Gasteiger partial charge is 0.135 e. The molecule has 166 valence electrons. The third kappa shape index (κ3) is 4.20. The maximum absolute atomic E-state index is 6.27. The lowest BCUT2D eigenvalue weighted by Gasteiger charge is -2.13. The minimum atomic E-state index is 0.601. The zero-order valence-corrected chi connectivity index (χ0v) is 19.8. The number of fused-ring (bicyclic) bond motifs is 1. The summed E-state index contributed by atoms with van der Waals surface area (Å²) >= 11 is 6.18. The van der Waals surface area contributed by atoms with E-state index in [2.05, 4.69) is 79.7 Å². The van der Waals surface area contributed by atoms with Crippen LogP contribution in [0.15, 0.2) is 101 Å². The van der Waals surface area contributed by atoms with Gasteiger partial charge in [0.15, 0.2) is 0 Å². The highest BCUT2D eigenvalue weighted by atomic mass is 35.5. The van der Waals surface area contributed by atoms with Gasteiger partial charge in [-0.1, -0.05) is 72.3 Å². The summed E-state index contributed by atoms with van der Waals surface area (Å²) in [5, 5.41) is 1.87. The standard InChI is InChI=1S/C32H25ClO/c1-21-6-2-3-7-24(21)19-30(23-10-11-23)27-16-26(22-12-14-29(33)15-13-22)17-28(18-27)32-20-25-8-4-5-9-31(25)34-32/h2-9,12-20,23H,10-11H2,1H3/b30-19+. The molecule has 0 spiro atoms. The van der Waals surface area contributed by atoms with Crippen molar-refractivity contribution in [2.75, 3.05) is 0 Å². The van der Waals surface area contributed by atoms with E-state index >= 15 is 0 Å². The predicted molar refractivity (Wildman–Crippen MR) is 144 cm³/mol. The summed E-state index contributed by atoms with van der Waals surface area (Å²) in [6, 6.07) is 33.9. The van der Waals surface area contributed by atoms with E-state index in [0.717, 1.165) is 32.9 Å². The van der Waals surface area contributed by atoms with Crippen molar-refractivity contribution in [3.63, 3.8) is 0 Å². The first-order valence-corrected chi connectivity index (χ1v) is 12.2. The third-order valence-corrected chi connectivity index (χ3v) is 6.92. The lowest BCUT2D eigenvalue weighted by molar-refractivity contribution is 0.631. The van der Waals surface area contributed by atoms with Crippen LogP contribution in [0.3, 0.4) is 0 Å². The first kappa shape index (κ1) is 21.0. The minimum Gasteiger partial charge on any atom is -0.456 e. The van der Waals surface area contributed by atoms with E-state index in [-0.39, 0.29) is 0 Å². The monoisotopic (exact) mass is 460 g/mol. The highest BCUT2D eigenvalue weighted by Gasteiger charge is 2.28. The Hall–Kier alpha value is -3.55. The Morgan fingerprint density at radius 3 is 2.29 bits per heavy atom. The molecular weight excluding hydrogens is 436 g/mol. The van der Waals surface area contributed by atoms with Gasteiger partial charge in [-0.25, -0.2) is 0 Å². The fourth-order valence-electron chi connectivity index (χ4n) is 4.62. The van der Waals surface area contributed by atoms with Gasteiger partial charge >= 0.3 is 0 Å². The zero-order chi connectivity index (χ0) is 23.1. The Morgan fingerprint density at radius 1 is 0.794 bits per heavy atom. The quantitative estimate of drug-likeness (QED) is 0.238. The van der Waals surface area contributed by atoms with E-state index < -0.39 is 0 Å². The first-order chi connectivity index (χ1) is 16.6. The Bertz CT molecular complexity index is 1480. The van der Waals surface area contributed by atoms with E-state index in [4.69, 9.17) is 16.0 Å². The molecule has 2 heteroatoms. The summed E-state index contributed by atoms with van der Waals surface area (Å²) in [5.41, 5.74) is 9.56. The van der Waals surface area contributed by atoms with Crippen molar-refractivity contribution in [3.05, 3.63) is 119 Å². The van der Waals surface area contributed by atoms with Gasteiger partial charge in [-0.15, -0.1) is 0 Å². The molecule has 6 rings (SSSR count). The van der Waals surface area contributed by atoms with Gasteiger partial charge in [-0.3, -0.25) is 0 Å². The van der Waals surface area contributed by atoms with Crippen molar-refractivity contribution < 1.29 is 4.42 Å². The zero-order valence-electron chi connectivity index (χ0n) is 19.1. The molecule has 0 unspecified atom stereocenters. The van der Waals surface area contributed by atoms with Crippen LogP contribution in [0.4, 0.5) is 0 Å². The molecule has 1 aromatic heterocycles. The Kier molecular flexibility index (Phi) is 5.36. The molecule has 0 aliphatic heterocycles. The van der Waals surface area contributed by atoms with Gasteiger partial charge in [0.2, 0.25) is 0 Å². The molecule has 1 fully saturated rings. The Labute approximate surface area is 205 Å². The van der Waals surface area contributed by atoms with E-state index in [1.54, 1.807) is 0 Å². The fourth-order valence-corrected chi connectivity index (χ4v) is 4.74. The lowest BCUT2D eigenvalue weighted by Crippen LogP contribution is -1.92. The van der Waals surface area contributed by atoms with Crippen LogP contribution < -0.4 is 0 Å². The van der Waals surface area contributed by atoms with Crippen LogP contribution in [0, 0.1) is 12.8 Å². The van der Waals surface area contributed by atoms with Crippen molar-refractivity contribution in [1.82, 2.24) is 0 Å². The number of allylic oxidation sites excluding steroid dienone is 1. The Balaban J connectivity index is 1.54. The molecule has 0 bridgehead atoms. The molecule has 34 heavy (non-hydrogen) atoms. The molecule has 0 saturated heterocycles. The summed E-state index contributed by atoms with van der Waals surface area (Å²) in [5.74, 6) is 1.49. The lowest BCUT2D eigenvalue weighted by atomic mass is 9.91. The predicted octanol–water partition coefficient (Wildman–Crippen LogP) is 9.68. The normalized spacial score (nSPS) is 14.0. The van der Waals surface area contributed by atoms with Gasteiger partial charge in [0.05, 0.1) is 0 Å². The van der Waals surface area contributed by atoms with Crippen molar-refractivity contribution >= 4 is 34.2 Å². The Morgan fingerprint density at radius 2 is 1.53 bits per heavy atom. The first-order valence-electron chi connectivity index (χ1n) is 11.8. The SMILES string of the molecule is Cc1ccccc1/C=C(/c1cc(-c2ccc(Cl)cc2)cc(-c2cc3ccccc3o2)c1)C1CC1. The van der Waals surface area contributed by atoms with E-state index in [1.807, 2.05) is 30.3 Å². The molecule has 1 saturated carbocycles. The maximum Gasteiger partial charge on any atom is 0.135 e. The molecule has 0 radical (unpaired) electrons. The van der Waals surface area contributed by atoms with Gasteiger partial charge in [-0.2, -0.15) is 0 Å². The maximum atomic E-state index is 6.27. The summed E-state index contributed by atoms with van der Waals surface area (Å²) in [6.07, 6.45) is 4.86. The summed E-state index contributed by atoms with van der Waals surface area (Å²) in [4.78, 5) is 0. The van der Waals surface area contributed by atoms with Gasteiger partial charge in [0.25, 0.3) is 0 Å². The van der Waals surface area contributed by atoms with Gasteiger partial charge < -0.3 is 4.42 Å². The number of benzene rings is 4. The second-order valence-corrected chi connectivity index (χ2v) is 9.62. The topological polar surface area (TPSA) is 13.1 Å². The number of furan rings is 1. The van der Waals surface area contributed by atoms with Crippen LogP contribution in [-0.4, -0.2) is 0 Å². The molecule has 4 aromatic carbocycles. The fraction of sp³-hybridized carbons (Fsp3) is 0.125. The minimum absolute atomic E-state index is 0.601. The van der Waals surface area contributed by atoms with Crippen molar-refractivity contribution in [2.45, 2.75) is 19.8 Å². The van der Waals surface area contributed by atoms with Crippen LogP contribution in [-0.2, 0) is 0 Å². The van der Waals surface area contributed by atoms with E-state index in [1.165, 1.54) is 40.7 Å². The van der Waals surface area contributed by atoms with E-state index in [9.17, 15) is 0 Å². The van der Waals surface area contributed by atoms with Crippen molar-refractivity contribution in [3.8, 4) is 22.5 Å². The van der Waals surface area contributed by atoms with E-state index in [0.29, 0.717) is 5.92 Å². The van der Waals surface area contributed by atoms with Crippen molar-refractivity contribution in [1.29, 1.82) is 0 Å². The highest BCUT2D eigenvalue weighted by Crippen LogP contribution is 2.45. The molecular formula is C32H25ClO. The van der Waals surface area contributed by atoms with Crippen LogP contribution in [0.2, 0.25) is 5.02 Å². The molecule has 1 aliphatic carbocycles. The number of hydrogen-bond acceptors (Lipinski definition) is 1. The second kappa shape index (κ2) is 8.66. The summed E-state index contributed by atoms with van der Waals surface area (Å²) < 4.78 is 6.27. The second-order valence-electron chi connectivity index (χ2n) is 9.18. The van der Waals surface area contributed by atoms with Gasteiger partial charge in [0.1, 0.15) is 11.3 Å². The largest absolute Gasteiger partial charge is 0.456 e. The summed E-state index contributed by atoms with van der Waals surface area (Å²) in [6.45, 7) is 2.18. The highest BCUT2D eigenvalue weighted by molar-refractivity contribution is 6.30.